The Morgan fingerprint density at radius 1 is 1.00 bits per heavy atom. The summed E-state index contributed by atoms with van der Waals surface area (Å²) in [6.07, 6.45) is 1.94. The summed E-state index contributed by atoms with van der Waals surface area (Å²) in [6.45, 7) is 6.43. The average molecular weight is 210 g/mol. The second-order valence-electron chi connectivity index (χ2n) is 4.31. The number of fused-ring (bicyclic) bond motifs is 3. The van der Waals surface area contributed by atoms with Gasteiger partial charge in [-0.3, -0.25) is 0 Å². The number of nitrogens with zero attached hydrogens (tertiary/aromatic N) is 2. The Labute approximate surface area is 94.5 Å². The zero-order valence-electron chi connectivity index (χ0n) is 9.78. The van der Waals surface area contributed by atoms with E-state index in [0.717, 1.165) is 5.65 Å². The Balaban J connectivity index is 2.70. The number of aryl methyl sites for hydroxylation is 3. The summed E-state index contributed by atoms with van der Waals surface area (Å²) in [7, 11) is 0. The second kappa shape index (κ2) is 3.08. The zero-order chi connectivity index (χ0) is 11.3. The van der Waals surface area contributed by atoms with Crippen LogP contribution in [-0.4, -0.2) is 9.38 Å². The van der Waals surface area contributed by atoms with Crippen molar-refractivity contribution < 1.29 is 0 Å². The van der Waals surface area contributed by atoms with E-state index in [1.165, 1.54) is 27.7 Å². The van der Waals surface area contributed by atoms with Crippen molar-refractivity contribution in [2.45, 2.75) is 20.8 Å². The molecule has 0 aliphatic heterocycles. The van der Waals surface area contributed by atoms with Gasteiger partial charge < -0.3 is 4.40 Å². The molecular formula is C14H14N2. The van der Waals surface area contributed by atoms with Gasteiger partial charge in [0, 0.05) is 23.0 Å². The maximum absolute atomic E-state index is 4.51. The van der Waals surface area contributed by atoms with Crippen molar-refractivity contribution >= 4 is 16.4 Å². The summed E-state index contributed by atoms with van der Waals surface area (Å²) in [6, 6.07) is 8.47. The third-order valence-electron chi connectivity index (χ3n) is 3.39. The molecule has 0 N–H and O–H groups in total. The second-order valence-corrected chi connectivity index (χ2v) is 4.31. The summed E-state index contributed by atoms with van der Waals surface area (Å²) in [5, 5.41) is 2.54. The summed E-state index contributed by atoms with van der Waals surface area (Å²) >= 11 is 0. The highest BCUT2D eigenvalue weighted by molar-refractivity contribution is 5.96. The fraction of sp³-hybridized carbons (Fsp3) is 0.214. The lowest BCUT2D eigenvalue weighted by Gasteiger charge is -2.10. The van der Waals surface area contributed by atoms with Gasteiger partial charge in [0.05, 0.1) is 0 Å². The highest BCUT2D eigenvalue weighted by atomic mass is 15.0. The van der Waals surface area contributed by atoms with Crippen LogP contribution in [0.25, 0.3) is 16.4 Å². The van der Waals surface area contributed by atoms with Crippen LogP contribution in [0.1, 0.15) is 17.0 Å². The summed E-state index contributed by atoms with van der Waals surface area (Å²) in [5.41, 5.74) is 4.88. The first-order chi connectivity index (χ1) is 7.70. The summed E-state index contributed by atoms with van der Waals surface area (Å²) in [5.74, 6) is 0. The molecule has 2 heterocycles. The van der Waals surface area contributed by atoms with E-state index in [1.807, 2.05) is 6.20 Å². The van der Waals surface area contributed by atoms with Gasteiger partial charge in [-0.25, -0.2) is 4.98 Å². The van der Waals surface area contributed by atoms with E-state index in [2.05, 4.69) is 54.4 Å². The van der Waals surface area contributed by atoms with Crippen LogP contribution in [0, 0.1) is 20.8 Å². The van der Waals surface area contributed by atoms with E-state index < -0.39 is 0 Å². The Hall–Kier alpha value is -1.83. The topological polar surface area (TPSA) is 17.3 Å². The monoisotopic (exact) mass is 210 g/mol. The molecule has 0 fully saturated rings. The van der Waals surface area contributed by atoms with Crippen LogP contribution in [0.4, 0.5) is 0 Å². The van der Waals surface area contributed by atoms with E-state index in [1.54, 1.807) is 0 Å². The van der Waals surface area contributed by atoms with Gasteiger partial charge in [0.2, 0.25) is 0 Å². The molecule has 2 nitrogen and oxygen atoms in total. The van der Waals surface area contributed by atoms with Gasteiger partial charge in [0.15, 0.2) is 0 Å². The van der Waals surface area contributed by atoms with E-state index in [4.69, 9.17) is 0 Å². The number of rotatable bonds is 0. The standard InChI is InChI=1S/C14H14N2/c1-9-8-15-14-13-7-5-4-6-12(13)10(2)11(3)16(9)14/h4-8H,1-3H3. The maximum Gasteiger partial charge on any atom is 0.145 e. The molecule has 0 unspecified atom stereocenters. The normalized spacial score (nSPS) is 11.4. The Morgan fingerprint density at radius 2 is 1.69 bits per heavy atom. The van der Waals surface area contributed by atoms with Crippen molar-refractivity contribution in [2.24, 2.45) is 0 Å². The average Bonchev–Trinajstić information content (AvgIpc) is 2.69. The van der Waals surface area contributed by atoms with E-state index in [-0.39, 0.29) is 0 Å². The molecule has 0 saturated carbocycles. The van der Waals surface area contributed by atoms with Crippen molar-refractivity contribution in [3.8, 4) is 0 Å². The predicted octanol–water partition coefficient (Wildman–Crippen LogP) is 3.41. The number of pyridine rings is 1. The quantitative estimate of drug-likeness (QED) is 0.555. The molecule has 2 aromatic heterocycles. The van der Waals surface area contributed by atoms with Crippen molar-refractivity contribution in [1.82, 2.24) is 9.38 Å². The van der Waals surface area contributed by atoms with Crippen LogP contribution in [0.5, 0.6) is 0 Å². The van der Waals surface area contributed by atoms with Crippen LogP contribution in [0.3, 0.4) is 0 Å². The molecule has 3 rings (SSSR count). The van der Waals surface area contributed by atoms with Gasteiger partial charge in [-0.1, -0.05) is 24.3 Å². The van der Waals surface area contributed by atoms with Gasteiger partial charge >= 0.3 is 0 Å². The molecule has 1 aromatic carbocycles. The predicted molar refractivity (Wildman–Crippen MR) is 66.9 cm³/mol. The van der Waals surface area contributed by atoms with E-state index >= 15 is 0 Å². The number of hydrogen-bond acceptors (Lipinski definition) is 1. The van der Waals surface area contributed by atoms with Crippen molar-refractivity contribution in [1.29, 1.82) is 0 Å². The van der Waals surface area contributed by atoms with Gasteiger partial charge in [-0.15, -0.1) is 0 Å². The molecule has 0 saturated heterocycles. The molecular weight excluding hydrogens is 196 g/mol. The number of benzene rings is 1. The number of imidazole rings is 1. The third kappa shape index (κ3) is 1.04. The molecule has 0 aliphatic rings. The smallest absolute Gasteiger partial charge is 0.145 e. The van der Waals surface area contributed by atoms with Crippen LogP contribution in [0.15, 0.2) is 30.5 Å². The van der Waals surface area contributed by atoms with Gasteiger partial charge in [-0.2, -0.15) is 0 Å². The lowest BCUT2D eigenvalue weighted by atomic mass is 10.1. The highest BCUT2D eigenvalue weighted by Gasteiger charge is 2.10. The fourth-order valence-corrected chi connectivity index (χ4v) is 2.42. The van der Waals surface area contributed by atoms with Crippen molar-refractivity contribution in [3.05, 3.63) is 47.4 Å². The minimum atomic E-state index is 1.07. The Morgan fingerprint density at radius 3 is 2.44 bits per heavy atom. The molecule has 0 aliphatic carbocycles. The third-order valence-corrected chi connectivity index (χ3v) is 3.39. The maximum atomic E-state index is 4.51. The lowest BCUT2D eigenvalue weighted by molar-refractivity contribution is 1.03. The summed E-state index contributed by atoms with van der Waals surface area (Å²) in [4.78, 5) is 4.51. The van der Waals surface area contributed by atoms with Gasteiger partial charge in [0.1, 0.15) is 5.65 Å². The molecule has 3 aromatic rings. The zero-order valence-corrected chi connectivity index (χ0v) is 9.78. The highest BCUT2D eigenvalue weighted by Crippen LogP contribution is 2.26. The summed E-state index contributed by atoms with van der Waals surface area (Å²) < 4.78 is 2.23. The molecule has 2 heteroatoms. The van der Waals surface area contributed by atoms with Crippen LogP contribution in [0.2, 0.25) is 0 Å². The van der Waals surface area contributed by atoms with Crippen LogP contribution < -0.4 is 0 Å². The van der Waals surface area contributed by atoms with Crippen LogP contribution in [-0.2, 0) is 0 Å². The van der Waals surface area contributed by atoms with Gasteiger partial charge in [-0.05, 0) is 31.7 Å². The van der Waals surface area contributed by atoms with Crippen molar-refractivity contribution in [2.75, 3.05) is 0 Å². The lowest BCUT2D eigenvalue weighted by Crippen LogP contribution is -1.98. The largest absolute Gasteiger partial charge is 0.301 e. The Bertz CT molecular complexity index is 693. The molecule has 0 amide bonds. The first-order valence-corrected chi connectivity index (χ1v) is 5.52. The number of hydrogen-bond donors (Lipinski definition) is 0. The first kappa shape index (κ1) is 9.40. The molecule has 0 atom stereocenters. The van der Waals surface area contributed by atoms with E-state index in [9.17, 15) is 0 Å². The fourth-order valence-electron chi connectivity index (χ4n) is 2.42. The number of aromatic nitrogens is 2. The molecule has 80 valence electrons. The molecule has 0 spiro atoms. The minimum absolute atomic E-state index is 1.07. The Kier molecular flexibility index (Phi) is 1.81. The van der Waals surface area contributed by atoms with Gasteiger partial charge in [0.25, 0.3) is 0 Å². The minimum Gasteiger partial charge on any atom is -0.301 e. The molecule has 0 bridgehead atoms. The van der Waals surface area contributed by atoms with Crippen LogP contribution >= 0.6 is 0 Å². The SMILES string of the molecule is Cc1c(C)n2c(C)cnc2c2ccccc12. The molecule has 0 radical (unpaired) electrons. The first-order valence-electron chi connectivity index (χ1n) is 5.52. The molecule has 16 heavy (non-hydrogen) atoms. The van der Waals surface area contributed by atoms with E-state index in [0.29, 0.717) is 0 Å². The van der Waals surface area contributed by atoms with Crippen molar-refractivity contribution in [3.63, 3.8) is 0 Å².